The molecule has 2 amide bonds. The number of Topliss-reactive ketones (excluding diaryl/α,β-unsaturated/α-hetero) is 1. The number of rotatable bonds is 10. The maximum Gasteiger partial charge on any atom is 0.407 e. The first kappa shape index (κ1) is 32.5. The minimum absolute atomic E-state index is 0.0894. The number of H-pyrrole nitrogens is 1. The Hall–Kier alpha value is -4.41. The molecule has 2 aromatic carbocycles. The number of hydrogen-bond donors (Lipinski definition) is 3. The van der Waals surface area contributed by atoms with Crippen LogP contribution >= 0.6 is 23.2 Å². The number of aromatic nitrogens is 2. The zero-order valence-corrected chi connectivity index (χ0v) is 26.1. The van der Waals surface area contributed by atoms with Gasteiger partial charge >= 0.3 is 6.09 Å². The number of ketones is 1. The number of aromatic amines is 1. The first-order chi connectivity index (χ1) is 20.8. The smallest absolute Gasteiger partial charge is 0.407 e. The van der Waals surface area contributed by atoms with Gasteiger partial charge in [0.15, 0.2) is 5.78 Å². The van der Waals surface area contributed by atoms with Crippen molar-refractivity contribution in [2.45, 2.75) is 45.1 Å². The third kappa shape index (κ3) is 8.58. The van der Waals surface area contributed by atoms with Crippen molar-refractivity contribution in [1.82, 2.24) is 15.3 Å². The predicted octanol–water partition coefficient (Wildman–Crippen LogP) is 6.76. The second-order valence-corrected chi connectivity index (χ2v) is 11.9. The number of ether oxygens (including phenoxy) is 2. The average molecular weight is 640 g/mol. The Morgan fingerprint density at radius 3 is 2.52 bits per heavy atom. The monoisotopic (exact) mass is 638 g/mol. The number of benzene rings is 2. The van der Waals surface area contributed by atoms with E-state index in [1.54, 1.807) is 51.1 Å². The fraction of sp³-hybridized carbons (Fsp3) is 0.281. The number of methoxy groups -OCH3 is 1. The molecule has 0 saturated carbocycles. The molecule has 230 valence electrons. The van der Waals surface area contributed by atoms with E-state index in [1.807, 2.05) is 6.07 Å². The van der Waals surface area contributed by atoms with Gasteiger partial charge in [-0.05, 0) is 75.1 Å². The van der Waals surface area contributed by atoms with Crippen LogP contribution in [0.1, 0.15) is 65.8 Å². The summed E-state index contributed by atoms with van der Waals surface area (Å²) in [6.45, 7) is 5.59. The Bertz CT molecular complexity index is 1770. The number of pyridine rings is 2. The van der Waals surface area contributed by atoms with Gasteiger partial charge in [-0.3, -0.25) is 14.4 Å². The van der Waals surface area contributed by atoms with Crippen LogP contribution in [0.15, 0.2) is 65.6 Å². The summed E-state index contributed by atoms with van der Waals surface area (Å²) in [5.74, 6) is -0.896. The third-order valence-corrected chi connectivity index (χ3v) is 7.17. The molecule has 0 fully saturated rings. The minimum Gasteiger partial charge on any atom is -0.481 e. The van der Waals surface area contributed by atoms with Gasteiger partial charge in [0, 0.05) is 41.2 Å². The minimum atomic E-state index is -0.708. The van der Waals surface area contributed by atoms with Crippen LogP contribution in [0, 0.1) is 0 Å². The third-order valence-electron chi connectivity index (χ3n) is 6.61. The number of halogens is 2. The van der Waals surface area contributed by atoms with Crippen molar-refractivity contribution in [2.75, 3.05) is 19.0 Å². The van der Waals surface area contributed by atoms with Crippen LogP contribution in [-0.4, -0.2) is 47.0 Å². The molecule has 0 aliphatic rings. The van der Waals surface area contributed by atoms with E-state index in [2.05, 4.69) is 20.6 Å². The zero-order valence-electron chi connectivity index (χ0n) is 24.6. The van der Waals surface area contributed by atoms with Crippen LogP contribution in [0.4, 0.5) is 10.5 Å². The first-order valence-electron chi connectivity index (χ1n) is 13.8. The van der Waals surface area contributed by atoms with E-state index in [1.165, 1.54) is 31.5 Å². The van der Waals surface area contributed by atoms with Crippen molar-refractivity contribution in [1.29, 1.82) is 0 Å². The highest BCUT2D eigenvalue weighted by Crippen LogP contribution is 2.30. The number of amides is 2. The summed E-state index contributed by atoms with van der Waals surface area (Å²) < 4.78 is 10.4. The Morgan fingerprint density at radius 2 is 1.82 bits per heavy atom. The number of carbonyl (C=O) groups excluding carboxylic acids is 3. The normalized spacial score (nSPS) is 12.0. The van der Waals surface area contributed by atoms with E-state index in [-0.39, 0.29) is 40.9 Å². The highest BCUT2D eigenvalue weighted by Gasteiger charge is 2.21. The quantitative estimate of drug-likeness (QED) is 0.163. The van der Waals surface area contributed by atoms with Gasteiger partial charge in [0.2, 0.25) is 5.88 Å². The molecule has 1 atom stereocenters. The molecular weight excluding hydrogens is 607 g/mol. The molecule has 0 saturated heterocycles. The number of alkyl carbamates (subject to hydrolysis) is 1. The van der Waals surface area contributed by atoms with Crippen molar-refractivity contribution >= 4 is 57.6 Å². The van der Waals surface area contributed by atoms with E-state index in [0.717, 1.165) is 5.56 Å². The molecule has 44 heavy (non-hydrogen) atoms. The van der Waals surface area contributed by atoms with Crippen LogP contribution in [-0.2, 0) is 4.74 Å². The van der Waals surface area contributed by atoms with E-state index >= 15 is 0 Å². The number of fused-ring (bicyclic) bond motifs is 1. The molecule has 0 aliphatic carbocycles. The fourth-order valence-electron chi connectivity index (χ4n) is 4.50. The lowest BCUT2D eigenvalue weighted by molar-refractivity contribution is 0.0526. The summed E-state index contributed by atoms with van der Waals surface area (Å²) in [7, 11) is 1.46. The topological polar surface area (TPSA) is 139 Å². The molecule has 0 spiro atoms. The summed E-state index contributed by atoms with van der Waals surface area (Å²) in [5, 5.41) is 6.61. The van der Waals surface area contributed by atoms with Crippen LogP contribution < -0.4 is 20.9 Å². The predicted molar refractivity (Wildman–Crippen MR) is 170 cm³/mol. The SMILES string of the molecule is COc1cc2[nH]c(=O)c(C(=O)Nc3cc(C(=O)CC(CCNC(=O)OC(C)(C)C)c4cccc(Cl)c4)ccc3Cl)cc2cn1. The summed E-state index contributed by atoms with van der Waals surface area (Å²) in [6, 6.07) is 14.7. The van der Waals surface area contributed by atoms with Crippen molar-refractivity contribution < 1.29 is 23.9 Å². The summed E-state index contributed by atoms with van der Waals surface area (Å²) in [4.78, 5) is 58.2. The Labute approximate surface area is 264 Å². The molecule has 3 N–H and O–H groups in total. The van der Waals surface area contributed by atoms with Gasteiger partial charge in [0.1, 0.15) is 11.2 Å². The van der Waals surface area contributed by atoms with Crippen LogP contribution in [0.25, 0.3) is 10.9 Å². The fourth-order valence-corrected chi connectivity index (χ4v) is 4.86. The first-order valence-corrected chi connectivity index (χ1v) is 14.5. The Morgan fingerprint density at radius 1 is 1.05 bits per heavy atom. The standard InChI is InChI=1S/C32H32Cl2N4O6/c1-32(2,3)44-31(42)35-11-10-19(18-6-5-7-22(33)12-18)15-27(39)20-8-9-24(34)26(14-20)38-30(41)23-13-21-17-36-28(43-4)16-25(21)37-29(23)40/h5-9,12-14,16-17,19H,10-11,15H2,1-4H3,(H,35,42)(H,37,40)(H,38,41). The number of carbonyl (C=O) groups is 3. The zero-order chi connectivity index (χ0) is 32.0. The molecule has 10 nitrogen and oxygen atoms in total. The number of nitrogens with one attached hydrogen (secondary N) is 3. The van der Waals surface area contributed by atoms with E-state index in [9.17, 15) is 19.2 Å². The van der Waals surface area contributed by atoms with Crippen molar-refractivity contribution in [3.63, 3.8) is 0 Å². The van der Waals surface area contributed by atoms with Gasteiger partial charge in [-0.15, -0.1) is 0 Å². The maximum atomic E-state index is 13.5. The highest BCUT2D eigenvalue weighted by atomic mass is 35.5. The molecule has 1 unspecified atom stereocenters. The average Bonchev–Trinajstić information content (AvgIpc) is 2.96. The van der Waals surface area contributed by atoms with Crippen LogP contribution in [0.5, 0.6) is 5.88 Å². The Balaban J connectivity index is 1.51. The lowest BCUT2D eigenvalue weighted by Crippen LogP contribution is -2.33. The molecule has 4 rings (SSSR count). The van der Waals surface area contributed by atoms with E-state index in [0.29, 0.717) is 33.8 Å². The summed E-state index contributed by atoms with van der Waals surface area (Å²) in [6.07, 6.45) is 1.46. The largest absolute Gasteiger partial charge is 0.481 e. The molecule has 2 heterocycles. The van der Waals surface area contributed by atoms with Gasteiger partial charge in [-0.1, -0.05) is 35.3 Å². The van der Waals surface area contributed by atoms with Crippen LogP contribution in [0.2, 0.25) is 10.0 Å². The number of anilines is 1. The molecule has 12 heteroatoms. The second kappa shape index (κ2) is 13.9. The molecule has 0 bridgehead atoms. The van der Waals surface area contributed by atoms with Gasteiger partial charge in [-0.25, -0.2) is 9.78 Å². The molecule has 0 aliphatic heterocycles. The lowest BCUT2D eigenvalue weighted by Gasteiger charge is -2.21. The van der Waals surface area contributed by atoms with Crippen molar-refractivity contribution in [3.05, 3.63) is 97.9 Å². The number of nitrogens with zero attached hydrogens (tertiary/aromatic N) is 1. The van der Waals surface area contributed by atoms with E-state index in [4.69, 9.17) is 32.7 Å². The molecule has 2 aromatic heterocycles. The summed E-state index contributed by atoms with van der Waals surface area (Å²) >= 11 is 12.6. The molecule has 0 radical (unpaired) electrons. The van der Waals surface area contributed by atoms with E-state index < -0.39 is 23.2 Å². The lowest BCUT2D eigenvalue weighted by atomic mass is 9.89. The molecular formula is C32H32Cl2N4O6. The van der Waals surface area contributed by atoms with Crippen molar-refractivity contribution in [2.24, 2.45) is 0 Å². The van der Waals surface area contributed by atoms with Crippen LogP contribution in [0.3, 0.4) is 0 Å². The van der Waals surface area contributed by atoms with Gasteiger partial charge in [0.05, 0.1) is 23.3 Å². The second-order valence-electron chi connectivity index (χ2n) is 11.1. The van der Waals surface area contributed by atoms with Crippen molar-refractivity contribution in [3.8, 4) is 5.88 Å². The van der Waals surface area contributed by atoms with Gasteiger partial charge in [-0.2, -0.15) is 0 Å². The van der Waals surface area contributed by atoms with Gasteiger partial charge < -0.3 is 25.1 Å². The summed E-state index contributed by atoms with van der Waals surface area (Å²) in [5.41, 5.74) is 0.357. The number of hydrogen-bond acceptors (Lipinski definition) is 7. The van der Waals surface area contributed by atoms with Gasteiger partial charge in [0.25, 0.3) is 11.5 Å². The maximum absolute atomic E-state index is 13.5. The molecule has 4 aromatic rings. The highest BCUT2D eigenvalue weighted by molar-refractivity contribution is 6.34. The Kier molecular flexibility index (Phi) is 10.3.